The van der Waals surface area contributed by atoms with Crippen molar-refractivity contribution in [2.75, 3.05) is 23.9 Å². The summed E-state index contributed by atoms with van der Waals surface area (Å²) in [5, 5.41) is 12.3. The number of hydrogen-bond acceptors (Lipinski definition) is 7. The summed E-state index contributed by atoms with van der Waals surface area (Å²) < 4.78 is 5.12. The van der Waals surface area contributed by atoms with Crippen LogP contribution in [0.2, 0.25) is 5.02 Å². The first-order valence-corrected chi connectivity index (χ1v) is 10.4. The standard InChI is InChI=1S/C22H22ClN5O4/c1-11-7-12(2)18(13(3)8-11)24-17(29)10-27-20-19(25-26-27)21(30)28(22(20)31)14-5-6-16(32-4)15(23)9-14/h5-9,19-20H,10H2,1-4H3,(H,24,29)/t19-,20-/m0/s1. The first kappa shape index (κ1) is 21.8. The molecule has 2 aromatic carbocycles. The molecule has 0 aromatic heterocycles. The Labute approximate surface area is 190 Å². The Bertz CT molecular complexity index is 1140. The fourth-order valence-corrected chi connectivity index (χ4v) is 4.36. The van der Waals surface area contributed by atoms with Gasteiger partial charge in [-0.25, -0.2) is 4.90 Å². The van der Waals surface area contributed by atoms with E-state index in [-0.39, 0.29) is 17.5 Å². The van der Waals surface area contributed by atoms with Crippen molar-refractivity contribution in [2.45, 2.75) is 32.9 Å². The molecule has 0 saturated carbocycles. The van der Waals surface area contributed by atoms with Crippen molar-refractivity contribution in [1.29, 1.82) is 0 Å². The molecule has 2 aromatic rings. The maximum Gasteiger partial charge on any atom is 0.263 e. The second-order valence-corrected chi connectivity index (χ2v) is 8.25. The van der Waals surface area contributed by atoms with E-state index in [9.17, 15) is 14.4 Å². The van der Waals surface area contributed by atoms with Crippen LogP contribution < -0.4 is 15.0 Å². The summed E-state index contributed by atoms with van der Waals surface area (Å²) in [6, 6.07) is 6.60. The predicted octanol–water partition coefficient (Wildman–Crippen LogP) is 3.21. The van der Waals surface area contributed by atoms with E-state index in [1.54, 1.807) is 12.1 Å². The summed E-state index contributed by atoms with van der Waals surface area (Å²) >= 11 is 6.15. The second-order valence-electron chi connectivity index (χ2n) is 7.84. The summed E-state index contributed by atoms with van der Waals surface area (Å²) in [6.45, 7) is 5.60. The van der Waals surface area contributed by atoms with Crippen molar-refractivity contribution in [3.05, 3.63) is 52.0 Å². The van der Waals surface area contributed by atoms with E-state index in [0.29, 0.717) is 11.4 Å². The second kappa shape index (κ2) is 8.23. The Balaban J connectivity index is 1.51. The lowest BCUT2D eigenvalue weighted by atomic mass is 10.1. The lowest BCUT2D eigenvalue weighted by Gasteiger charge is -2.21. The van der Waals surface area contributed by atoms with E-state index >= 15 is 0 Å². The first-order chi connectivity index (χ1) is 15.2. The quantitative estimate of drug-likeness (QED) is 0.697. The molecule has 0 radical (unpaired) electrons. The van der Waals surface area contributed by atoms with Gasteiger partial charge in [0.15, 0.2) is 12.1 Å². The van der Waals surface area contributed by atoms with E-state index in [0.717, 1.165) is 27.3 Å². The molecule has 0 unspecified atom stereocenters. The zero-order valence-corrected chi connectivity index (χ0v) is 18.8. The number of methoxy groups -OCH3 is 1. The Morgan fingerprint density at radius 3 is 2.44 bits per heavy atom. The zero-order chi connectivity index (χ0) is 23.2. The molecule has 2 heterocycles. The highest BCUT2D eigenvalue weighted by atomic mass is 35.5. The van der Waals surface area contributed by atoms with Crippen LogP contribution in [0.3, 0.4) is 0 Å². The van der Waals surface area contributed by atoms with E-state index < -0.39 is 23.9 Å². The van der Waals surface area contributed by atoms with Gasteiger partial charge in [0.2, 0.25) is 5.91 Å². The number of imide groups is 1. The molecule has 0 bridgehead atoms. The third-order valence-corrected chi connectivity index (χ3v) is 5.79. The van der Waals surface area contributed by atoms with Crippen LogP contribution in [0.4, 0.5) is 11.4 Å². The van der Waals surface area contributed by atoms with E-state index in [1.807, 2.05) is 32.9 Å². The van der Waals surface area contributed by atoms with E-state index in [1.165, 1.54) is 18.2 Å². The molecule has 10 heteroatoms. The summed E-state index contributed by atoms with van der Waals surface area (Å²) in [6.07, 6.45) is 0. The third-order valence-electron chi connectivity index (χ3n) is 5.50. The van der Waals surface area contributed by atoms with E-state index in [4.69, 9.17) is 16.3 Å². The van der Waals surface area contributed by atoms with Gasteiger partial charge in [-0.2, -0.15) is 5.11 Å². The average molecular weight is 456 g/mol. The normalized spacial score (nSPS) is 19.5. The van der Waals surface area contributed by atoms with Gasteiger partial charge < -0.3 is 10.1 Å². The molecule has 0 aliphatic carbocycles. The third kappa shape index (κ3) is 3.69. The van der Waals surface area contributed by atoms with Gasteiger partial charge >= 0.3 is 0 Å². The van der Waals surface area contributed by atoms with Gasteiger partial charge in [0.1, 0.15) is 12.3 Å². The first-order valence-electron chi connectivity index (χ1n) is 9.97. The van der Waals surface area contributed by atoms with Crippen molar-refractivity contribution >= 4 is 40.7 Å². The van der Waals surface area contributed by atoms with Gasteiger partial charge in [-0.3, -0.25) is 19.4 Å². The largest absolute Gasteiger partial charge is 0.495 e. The Kier molecular flexibility index (Phi) is 5.60. The maximum atomic E-state index is 13.1. The molecule has 1 N–H and O–H groups in total. The molecule has 2 aliphatic heterocycles. The number of nitrogens with one attached hydrogen (secondary N) is 1. The molecule has 166 valence electrons. The van der Waals surface area contributed by atoms with Crippen LogP contribution in [-0.2, 0) is 14.4 Å². The van der Waals surface area contributed by atoms with Gasteiger partial charge in [-0.05, 0) is 50.1 Å². The van der Waals surface area contributed by atoms with Crippen molar-refractivity contribution in [1.82, 2.24) is 5.01 Å². The monoisotopic (exact) mass is 455 g/mol. The molecule has 0 spiro atoms. The number of rotatable bonds is 5. The number of benzene rings is 2. The van der Waals surface area contributed by atoms with Crippen LogP contribution in [-0.4, -0.2) is 48.5 Å². The molecule has 4 rings (SSSR count). The molecule has 2 aliphatic rings. The van der Waals surface area contributed by atoms with Crippen LogP contribution in [0.25, 0.3) is 0 Å². The minimum atomic E-state index is -1.00. The topological polar surface area (TPSA) is 104 Å². The van der Waals surface area contributed by atoms with Crippen molar-refractivity contribution in [3.63, 3.8) is 0 Å². The van der Waals surface area contributed by atoms with Gasteiger partial charge in [-0.15, -0.1) is 0 Å². The minimum Gasteiger partial charge on any atom is -0.495 e. The number of fused-ring (bicyclic) bond motifs is 1. The molecule has 2 atom stereocenters. The Morgan fingerprint density at radius 1 is 1.12 bits per heavy atom. The lowest BCUT2D eigenvalue weighted by molar-refractivity contribution is -0.123. The zero-order valence-electron chi connectivity index (χ0n) is 18.0. The number of amides is 3. The molecular formula is C22H22ClN5O4. The number of aryl methyl sites for hydroxylation is 3. The van der Waals surface area contributed by atoms with Crippen LogP contribution >= 0.6 is 11.6 Å². The number of hydrogen-bond donors (Lipinski definition) is 1. The molecule has 9 nitrogen and oxygen atoms in total. The van der Waals surface area contributed by atoms with Gasteiger partial charge in [0, 0.05) is 5.69 Å². The molecular weight excluding hydrogens is 434 g/mol. The molecule has 32 heavy (non-hydrogen) atoms. The summed E-state index contributed by atoms with van der Waals surface area (Å²) in [5.74, 6) is -0.958. The number of ether oxygens (including phenoxy) is 1. The van der Waals surface area contributed by atoms with Crippen molar-refractivity contribution in [3.8, 4) is 5.75 Å². The molecule has 1 saturated heterocycles. The highest BCUT2D eigenvalue weighted by Crippen LogP contribution is 2.35. The highest BCUT2D eigenvalue weighted by Gasteiger charge is 2.55. The number of halogens is 1. The number of anilines is 2. The van der Waals surface area contributed by atoms with Crippen LogP contribution in [0, 0.1) is 20.8 Å². The SMILES string of the molecule is COc1ccc(N2C(=O)[C@H]3N=NN(CC(=O)Nc4c(C)cc(C)cc4C)[C@@H]3C2=O)cc1Cl. The Hall–Kier alpha value is -3.46. The van der Waals surface area contributed by atoms with Crippen molar-refractivity contribution < 1.29 is 19.1 Å². The summed E-state index contributed by atoms with van der Waals surface area (Å²) in [5.41, 5.74) is 4.00. The molecule has 1 fully saturated rings. The number of carbonyl (C=O) groups is 3. The van der Waals surface area contributed by atoms with Crippen LogP contribution in [0.1, 0.15) is 16.7 Å². The van der Waals surface area contributed by atoms with Crippen LogP contribution in [0.15, 0.2) is 40.7 Å². The molecule has 3 amide bonds. The van der Waals surface area contributed by atoms with E-state index in [2.05, 4.69) is 15.7 Å². The fraction of sp³-hybridized carbons (Fsp3) is 0.318. The highest BCUT2D eigenvalue weighted by molar-refractivity contribution is 6.33. The van der Waals surface area contributed by atoms with Crippen LogP contribution in [0.5, 0.6) is 5.75 Å². The lowest BCUT2D eigenvalue weighted by Crippen LogP contribution is -2.43. The summed E-state index contributed by atoms with van der Waals surface area (Å²) in [7, 11) is 1.47. The minimum absolute atomic E-state index is 0.215. The smallest absolute Gasteiger partial charge is 0.263 e. The fourth-order valence-electron chi connectivity index (χ4n) is 4.11. The number of carbonyl (C=O) groups excluding carboxylic acids is 3. The maximum absolute atomic E-state index is 13.1. The summed E-state index contributed by atoms with van der Waals surface area (Å²) in [4.78, 5) is 39.7. The van der Waals surface area contributed by atoms with Gasteiger partial charge in [0.05, 0.1) is 17.8 Å². The predicted molar refractivity (Wildman–Crippen MR) is 119 cm³/mol. The van der Waals surface area contributed by atoms with Crippen molar-refractivity contribution in [2.24, 2.45) is 10.3 Å². The average Bonchev–Trinajstić information content (AvgIpc) is 3.24. The number of nitrogens with zero attached hydrogens (tertiary/aromatic N) is 4. The van der Waals surface area contributed by atoms with Gasteiger partial charge in [0.25, 0.3) is 11.8 Å². The Morgan fingerprint density at radius 2 is 1.81 bits per heavy atom. The van der Waals surface area contributed by atoms with Gasteiger partial charge in [-0.1, -0.05) is 34.5 Å².